The van der Waals surface area contributed by atoms with Crippen molar-refractivity contribution >= 4 is 5.78 Å². The molecule has 2 heterocycles. The maximum atomic E-state index is 11.9. The molecule has 2 N–H and O–H groups in total. The fourth-order valence-corrected chi connectivity index (χ4v) is 1.65. The molecule has 1 aromatic heterocycles. The molecule has 1 aliphatic rings. The van der Waals surface area contributed by atoms with E-state index in [-0.39, 0.29) is 17.7 Å². The molecule has 0 bridgehead atoms. The molecule has 5 nitrogen and oxygen atoms in total. The molecule has 5 heteroatoms. The maximum Gasteiger partial charge on any atom is 0.187 e. The molecule has 2 atom stereocenters. The number of Topliss-reactive ketones (excluding diaryl/α,β-unsaturated/α-hetero) is 1. The molecule has 1 aliphatic heterocycles. The molecule has 0 spiro atoms. The standard InChI is InChI=1S/C9H13N3O2/c1-12-8(2-3-11-12)9(13)6-4-14-5-7(6)10/h2-3,6-7H,4-5,10H2,1H3. The monoisotopic (exact) mass is 195 g/mol. The molecule has 0 aliphatic carbocycles. The number of nitrogens with zero attached hydrogens (tertiary/aromatic N) is 2. The first-order valence-corrected chi connectivity index (χ1v) is 4.55. The summed E-state index contributed by atoms with van der Waals surface area (Å²) in [6.07, 6.45) is 1.61. The second-order valence-electron chi connectivity index (χ2n) is 3.51. The Balaban J connectivity index is 2.20. The zero-order chi connectivity index (χ0) is 10.1. The lowest BCUT2D eigenvalue weighted by Gasteiger charge is -2.11. The van der Waals surface area contributed by atoms with Crippen LogP contribution in [0.2, 0.25) is 0 Å². The van der Waals surface area contributed by atoms with Gasteiger partial charge in [0, 0.05) is 19.3 Å². The summed E-state index contributed by atoms with van der Waals surface area (Å²) in [4.78, 5) is 11.9. The third kappa shape index (κ3) is 1.44. The lowest BCUT2D eigenvalue weighted by atomic mass is 9.97. The first-order chi connectivity index (χ1) is 6.70. The SMILES string of the molecule is Cn1nccc1C(=O)C1COCC1N. The lowest BCUT2D eigenvalue weighted by molar-refractivity contribution is 0.0886. The van der Waals surface area contributed by atoms with Gasteiger partial charge < -0.3 is 10.5 Å². The van der Waals surface area contributed by atoms with Crippen molar-refractivity contribution < 1.29 is 9.53 Å². The first kappa shape index (κ1) is 9.36. The van der Waals surface area contributed by atoms with Crippen LogP contribution in [0.15, 0.2) is 12.3 Å². The topological polar surface area (TPSA) is 70.1 Å². The summed E-state index contributed by atoms with van der Waals surface area (Å²) in [6.45, 7) is 0.888. The van der Waals surface area contributed by atoms with E-state index >= 15 is 0 Å². The number of carbonyl (C=O) groups excluding carboxylic acids is 1. The average molecular weight is 195 g/mol. The van der Waals surface area contributed by atoms with Gasteiger partial charge in [0.25, 0.3) is 0 Å². The Kier molecular flexibility index (Phi) is 2.35. The summed E-state index contributed by atoms with van der Waals surface area (Å²) in [7, 11) is 1.74. The Bertz CT molecular complexity index is 348. The van der Waals surface area contributed by atoms with Gasteiger partial charge in [0.2, 0.25) is 0 Å². The molecular formula is C9H13N3O2. The van der Waals surface area contributed by atoms with Gasteiger partial charge in [0.05, 0.1) is 19.1 Å². The number of aryl methyl sites for hydroxylation is 1. The van der Waals surface area contributed by atoms with E-state index in [1.165, 1.54) is 0 Å². The molecular weight excluding hydrogens is 182 g/mol. The number of carbonyl (C=O) groups is 1. The third-order valence-electron chi connectivity index (χ3n) is 2.53. The Morgan fingerprint density at radius 3 is 3.00 bits per heavy atom. The van der Waals surface area contributed by atoms with Crippen molar-refractivity contribution in [2.75, 3.05) is 13.2 Å². The highest BCUT2D eigenvalue weighted by Gasteiger charge is 2.33. The highest BCUT2D eigenvalue weighted by Crippen LogP contribution is 2.17. The summed E-state index contributed by atoms with van der Waals surface area (Å²) in [6, 6.07) is 1.52. The minimum atomic E-state index is -0.217. The van der Waals surface area contributed by atoms with Gasteiger partial charge in [-0.25, -0.2) is 0 Å². The van der Waals surface area contributed by atoms with Gasteiger partial charge in [-0.3, -0.25) is 9.48 Å². The van der Waals surface area contributed by atoms with E-state index in [0.717, 1.165) is 0 Å². The maximum absolute atomic E-state index is 11.9. The van der Waals surface area contributed by atoms with Crippen molar-refractivity contribution in [1.82, 2.24) is 9.78 Å². The minimum absolute atomic E-state index is 0.0231. The molecule has 76 valence electrons. The van der Waals surface area contributed by atoms with Crippen molar-refractivity contribution in [3.63, 3.8) is 0 Å². The fraction of sp³-hybridized carbons (Fsp3) is 0.556. The van der Waals surface area contributed by atoms with Crippen LogP contribution in [0.1, 0.15) is 10.5 Å². The molecule has 0 radical (unpaired) electrons. The van der Waals surface area contributed by atoms with Gasteiger partial charge in [-0.05, 0) is 6.07 Å². The Morgan fingerprint density at radius 1 is 1.71 bits per heavy atom. The van der Waals surface area contributed by atoms with Crippen LogP contribution in [0.25, 0.3) is 0 Å². The number of rotatable bonds is 2. The number of ether oxygens (including phenoxy) is 1. The van der Waals surface area contributed by atoms with Crippen LogP contribution in [-0.4, -0.2) is 34.8 Å². The molecule has 1 fully saturated rings. The van der Waals surface area contributed by atoms with Crippen LogP contribution in [0.3, 0.4) is 0 Å². The number of hydrogen-bond donors (Lipinski definition) is 1. The number of nitrogens with two attached hydrogens (primary N) is 1. The van der Waals surface area contributed by atoms with Crippen LogP contribution in [0.4, 0.5) is 0 Å². The molecule has 0 saturated carbocycles. The minimum Gasteiger partial charge on any atom is -0.379 e. The molecule has 14 heavy (non-hydrogen) atoms. The van der Waals surface area contributed by atoms with Gasteiger partial charge in [-0.15, -0.1) is 0 Å². The van der Waals surface area contributed by atoms with E-state index in [1.54, 1.807) is 24.0 Å². The van der Waals surface area contributed by atoms with Crippen molar-refractivity contribution in [3.8, 4) is 0 Å². The normalized spacial score (nSPS) is 26.7. The summed E-state index contributed by atoms with van der Waals surface area (Å²) < 4.78 is 6.72. The summed E-state index contributed by atoms with van der Waals surface area (Å²) in [5.41, 5.74) is 6.35. The van der Waals surface area contributed by atoms with E-state index in [1.807, 2.05) is 0 Å². The van der Waals surface area contributed by atoms with Crippen molar-refractivity contribution in [2.24, 2.45) is 18.7 Å². The highest BCUT2D eigenvalue weighted by molar-refractivity contribution is 5.97. The quantitative estimate of drug-likeness (QED) is 0.650. The second-order valence-corrected chi connectivity index (χ2v) is 3.51. The van der Waals surface area contributed by atoms with E-state index in [2.05, 4.69) is 5.10 Å². The number of ketones is 1. The fourth-order valence-electron chi connectivity index (χ4n) is 1.65. The number of hydrogen-bond acceptors (Lipinski definition) is 4. The van der Waals surface area contributed by atoms with E-state index in [9.17, 15) is 4.79 Å². The zero-order valence-electron chi connectivity index (χ0n) is 8.01. The molecule has 2 unspecified atom stereocenters. The third-order valence-corrected chi connectivity index (χ3v) is 2.53. The molecule has 1 saturated heterocycles. The molecule has 1 aromatic rings. The number of aromatic nitrogens is 2. The first-order valence-electron chi connectivity index (χ1n) is 4.55. The second kappa shape index (κ2) is 3.51. The summed E-state index contributed by atoms with van der Waals surface area (Å²) >= 11 is 0. The van der Waals surface area contributed by atoms with Gasteiger partial charge >= 0.3 is 0 Å². The van der Waals surface area contributed by atoms with Crippen molar-refractivity contribution in [1.29, 1.82) is 0 Å². The predicted molar refractivity (Wildman–Crippen MR) is 49.8 cm³/mol. The predicted octanol–water partition coefficient (Wildman–Crippen LogP) is -0.424. The van der Waals surface area contributed by atoms with E-state index < -0.39 is 0 Å². The van der Waals surface area contributed by atoms with Gasteiger partial charge in [-0.1, -0.05) is 0 Å². The van der Waals surface area contributed by atoms with Crippen molar-refractivity contribution in [2.45, 2.75) is 6.04 Å². The molecule has 2 rings (SSSR count). The van der Waals surface area contributed by atoms with Crippen molar-refractivity contribution in [3.05, 3.63) is 18.0 Å². The van der Waals surface area contributed by atoms with Gasteiger partial charge in [0.1, 0.15) is 5.69 Å². The highest BCUT2D eigenvalue weighted by atomic mass is 16.5. The average Bonchev–Trinajstić information content (AvgIpc) is 2.73. The van der Waals surface area contributed by atoms with E-state index in [0.29, 0.717) is 18.9 Å². The summed E-state index contributed by atoms with van der Waals surface area (Å²) in [5, 5.41) is 3.95. The van der Waals surface area contributed by atoms with Crippen LogP contribution in [0.5, 0.6) is 0 Å². The molecule has 0 aromatic carbocycles. The van der Waals surface area contributed by atoms with Gasteiger partial charge in [0.15, 0.2) is 5.78 Å². The Labute approximate surface area is 81.8 Å². The lowest BCUT2D eigenvalue weighted by Crippen LogP contribution is -2.34. The van der Waals surface area contributed by atoms with Crippen LogP contribution < -0.4 is 5.73 Å². The zero-order valence-corrected chi connectivity index (χ0v) is 8.01. The van der Waals surface area contributed by atoms with Crippen LogP contribution in [0, 0.1) is 5.92 Å². The Hall–Kier alpha value is -1.20. The summed E-state index contributed by atoms with van der Waals surface area (Å²) in [5.74, 6) is -0.194. The molecule has 0 amide bonds. The smallest absolute Gasteiger partial charge is 0.187 e. The van der Waals surface area contributed by atoms with E-state index in [4.69, 9.17) is 10.5 Å². The van der Waals surface area contributed by atoms with Gasteiger partial charge in [-0.2, -0.15) is 5.10 Å². The van der Waals surface area contributed by atoms with Crippen LogP contribution in [-0.2, 0) is 11.8 Å². The Morgan fingerprint density at radius 2 is 2.50 bits per heavy atom. The van der Waals surface area contributed by atoms with Crippen LogP contribution >= 0.6 is 0 Å². The largest absolute Gasteiger partial charge is 0.379 e.